The highest BCUT2D eigenvalue weighted by molar-refractivity contribution is 9.10. The third-order valence-electron chi connectivity index (χ3n) is 1.43. The number of hydrogen-bond acceptors (Lipinski definition) is 2. The summed E-state index contributed by atoms with van der Waals surface area (Å²) in [5.41, 5.74) is 0.909. The van der Waals surface area contributed by atoms with E-state index in [1.54, 1.807) is 6.07 Å². The van der Waals surface area contributed by atoms with E-state index in [1.807, 2.05) is 12.1 Å². The van der Waals surface area contributed by atoms with Gasteiger partial charge >= 0.3 is 5.97 Å². The maximum atomic E-state index is 10.5. The lowest BCUT2D eigenvalue weighted by atomic mass is 10.2. The summed E-state index contributed by atoms with van der Waals surface area (Å²) >= 11 is 9.07. The molecule has 0 saturated carbocycles. The first kappa shape index (κ1) is 10.5. The average Bonchev–Trinajstić information content (AvgIpc) is 2.07. The van der Waals surface area contributed by atoms with Crippen LogP contribution in [0.3, 0.4) is 0 Å². The summed E-state index contributed by atoms with van der Waals surface area (Å²) in [6, 6.07) is 5.39. The normalized spacial score (nSPS) is 9.77. The molecule has 0 aliphatic heterocycles. The quantitative estimate of drug-likeness (QED) is 0.766. The van der Waals surface area contributed by atoms with Crippen LogP contribution in [0.25, 0.3) is 0 Å². The van der Waals surface area contributed by atoms with E-state index >= 15 is 0 Å². The topological polar surface area (TPSA) is 26.3 Å². The molecule has 0 aliphatic carbocycles. The van der Waals surface area contributed by atoms with E-state index in [9.17, 15) is 4.79 Å². The first-order valence-electron chi connectivity index (χ1n) is 3.67. The van der Waals surface area contributed by atoms with Gasteiger partial charge in [-0.05, 0) is 33.6 Å². The van der Waals surface area contributed by atoms with Gasteiger partial charge in [-0.25, -0.2) is 0 Å². The molecule has 0 saturated heterocycles. The molecular formula is C9H8BrClO2. The molecule has 2 nitrogen and oxygen atoms in total. The minimum absolute atomic E-state index is 0.283. The van der Waals surface area contributed by atoms with E-state index in [0.29, 0.717) is 5.02 Å². The average molecular weight is 264 g/mol. The molecule has 13 heavy (non-hydrogen) atoms. The Balaban J connectivity index is 2.68. The molecule has 1 aromatic rings. The SMILES string of the molecule is CC(=O)OCc1ccc(Cl)c(Br)c1. The third kappa shape index (κ3) is 3.36. The van der Waals surface area contributed by atoms with E-state index in [0.717, 1.165) is 10.0 Å². The first-order valence-corrected chi connectivity index (χ1v) is 4.84. The van der Waals surface area contributed by atoms with Crippen molar-refractivity contribution in [3.63, 3.8) is 0 Å². The molecule has 0 bridgehead atoms. The second-order valence-electron chi connectivity index (χ2n) is 2.53. The number of halogens is 2. The van der Waals surface area contributed by atoms with Crippen LogP contribution in [0.15, 0.2) is 22.7 Å². The van der Waals surface area contributed by atoms with E-state index in [4.69, 9.17) is 16.3 Å². The predicted octanol–water partition coefficient (Wildman–Crippen LogP) is 3.17. The molecule has 0 heterocycles. The molecular weight excluding hydrogens is 255 g/mol. The van der Waals surface area contributed by atoms with Gasteiger partial charge in [0.15, 0.2) is 0 Å². The molecule has 1 rings (SSSR count). The van der Waals surface area contributed by atoms with Gasteiger partial charge in [0, 0.05) is 11.4 Å². The second-order valence-corrected chi connectivity index (χ2v) is 3.79. The van der Waals surface area contributed by atoms with Gasteiger partial charge in [-0.2, -0.15) is 0 Å². The van der Waals surface area contributed by atoms with Crippen molar-refractivity contribution in [3.05, 3.63) is 33.3 Å². The molecule has 70 valence electrons. The molecule has 0 atom stereocenters. The number of carbonyl (C=O) groups is 1. The van der Waals surface area contributed by atoms with Gasteiger partial charge in [-0.15, -0.1) is 0 Å². The third-order valence-corrected chi connectivity index (χ3v) is 2.64. The monoisotopic (exact) mass is 262 g/mol. The zero-order valence-electron chi connectivity index (χ0n) is 7.01. The molecule has 0 aliphatic rings. The minimum atomic E-state index is -0.286. The predicted molar refractivity (Wildman–Crippen MR) is 54.6 cm³/mol. The molecule has 1 aromatic carbocycles. The molecule has 0 aromatic heterocycles. The Morgan fingerprint density at radius 1 is 1.62 bits per heavy atom. The fourth-order valence-corrected chi connectivity index (χ4v) is 1.36. The maximum absolute atomic E-state index is 10.5. The lowest BCUT2D eigenvalue weighted by Crippen LogP contribution is -1.98. The van der Waals surface area contributed by atoms with Crippen molar-refractivity contribution in [2.45, 2.75) is 13.5 Å². The Bertz CT molecular complexity index is 325. The van der Waals surface area contributed by atoms with Crippen LogP contribution in [-0.2, 0) is 16.1 Å². The molecule has 0 fully saturated rings. The summed E-state index contributed by atoms with van der Waals surface area (Å²) in [6.45, 7) is 1.66. The van der Waals surface area contributed by atoms with Gasteiger partial charge in [0.05, 0.1) is 5.02 Å². The van der Waals surface area contributed by atoms with Crippen molar-refractivity contribution >= 4 is 33.5 Å². The van der Waals surface area contributed by atoms with Crippen LogP contribution >= 0.6 is 27.5 Å². The zero-order valence-corrected chi connectivity index (χ0v) is 9.35. The molecule has 0 amide bonds. The second kappa shape index (κ2) is 4.63. The van der Waals surface area contributed by atoms with Crippen LogP contribution in [0.4, 0.5) is 0 Å². The van der Waals surface area contributed by atoms with Gasteiger partial charge < -0.3 is 4.74 Å². The Kier molecular flexibility index (Phi) is 3.75. The number of esters is 1. The number of ether oxygens (including phenoxy) is 1. The van der Waals surface area contributed by atoms with Crippen LogP contribution in [0.1, 0.15) is 12.5 Å². The molecule has 0 radical (unpaired) electrons. The first-order chi connectivity index (χ1) is 6.09. The van der Waals surface area contributed by atoms with Crippen LogP contribution < -0.4 is 0 Å². The smallest absolute Gasteiger partial charge is 0.302 e. The van der Waals surface area contributed by atoms with E-state index in [-0.39, 0.29) is 12.6 Å². The van der Waals surface area contributed by atoms with Gasteiger partial charge in [0.2, 0.25) is 0 Å². The number of carbonyl (C=O) groups excluding carboxylic acids is 1. The molecule has 0 N–H and O–H groups in total. The molecule has 4 heteroatoms. The van der Waals surface area contributed by atoms with E-state index in [2.05, 4.69) is 15.9 Å². The van der Waals surface area contributed by atoms with Crippen molar-refractivity contribution < 1.29 is 9.53 Å². The van der Waals surface area contributed by atoms with Crippen molar-refractivity contribution in [2.75, 3.05) is 0 Å². The fourth-order valence-electron chi connectivity index (χ4n) is 0.814. The summed E-state index contributed by atoms with van der Waals surface area (Å²) in [4.78, 5) is 10.5. The van der Waals surface area contributed by atoms with Crippen molar-refractivity contribution in [3.8, 4) is 0 Å². The highest BCUT2D eigenvalue weighted by Gasteiger charge is 2.00. The molecule has 0 spiro atoms. The van der Waals surface area contributed by atoms with Gasteiger partial charge in [-0.1, -0.05) is 17.7 Å². The Labute approximate surface area is 90.0 Å². The van der Waals surface area contributed by atoms with Crippen molar-refractivity contribution in [2.24, 2.45) is 0 Å². The summed E-state index contributed by atoms with van der Waals surface area (Å²) in [6.07, 6.45) is 0. The summed E-state index contributed by atoms with van der Waals surface area (Å²) < 4.78 is 5.62. The van der Waals surface area contributed by atoms with Gasteiger partial charge in [0.25, 0.3) is 0 Å². The Hall–Kier alpha value is -0.540. The Morgan fingerprint density at radius 2 is 2.31 bits per heavy atom. The van der Waals surface area contributed by atoms with Crippen LogP contribution in [0.5, 0.6) is 0 Å². The molecule has 0 unspecified atom stereocenters. The summed E-state index contributed by atoms with van der Waals surface area (Å²) in [7, 11) is 0. The lowest BCUT2D eigenvalue weighted by molar-refractivity contribution is -0.142. The van der Waals surface area contributed by atoms with Crippen LogP contribution in [-0.4, -0.2) is 5.97 Å². The highest BCUT2D eigenvalue weighted by Crippen LogP contribution is 2.23. The number of rotatable bonds is 2. The number of hydrogen-bond donors (Lipinski definition) is 0. The summed E-state index contributed by atoms with van der Waals surface area (Å²) in [5.74, 6) is -0.286. The summed E-state index contributed by atoms with van der Waals surface area (Å²) in [5, 5.41) is 0.645. The lowest BCUT2D eigenvalue weighted by Gasteiger charge is -2.03. The zero-order chi connectivity index (χ0) is 9.84. The maximum Gasteiger partial charge on any atom is 0.302 e. The standard InChI is InChI=1S/C9H8BrClO2/c1-6(12)13-5-7-2-3-9(11)8(10)4-7/h2-4H,5H2,1H3. The number of benzene rings is 1. The van der Waals surface area contributed by atoms with Crippen molar-refractivity contribution in [1.29, 1.82) is 0 Å². The Morgan fingerprint density at radius 3 is 2.85 bits per heavy atom. The van der Waals surface area contributed by atoms with E-state index in [1.165, 1.54) is 6.92 Å². The van der Waals surface area contributed by atoms with Gasteiger partial charge in [-0.3, -0.25) is 4.79 Å². The van der Waals surface area contributed by atoms with Crippen molar-refractivity contribution in [1.82, 2.24) is 0 Å². The van der Waals surface area contributed by atoms with Crippen LogP contribution in [0, 0.1) is 0 Å². The minimum Gasteiger partial charge on any atom is -0.461 e. The highest BCUT2D eigenvalue weighted by atomic mass is 79.9. The fraction of sp³-hybridized carbons (Fsp3) is 0.222. The van der Waals surface area contributed by atoms with Gasteiger partial charge in [0.1, 0.15) is 6.61 Å². The van der Waals surface area contributed by atoms with Crippen LogP contribution in [0.2, 0.25) is 5.02 Å². The largest absolute Gasteiger partial charge is 0.461 e. The van der Waals surface area contributed by atoms with E-state index < -0.39 is 0 Å².